The van der Waals surface area contributed by atoms with E-state index in [-0.39, 0.29) is 0 Å². The first kappa shape index (κ1) is 9.21. The fraction of sp³-hybridized carbons (Fsp3) is 0.364. The maximum atomic E-state index is 4.58. The predicted octanol–water partition coefficient (Wildman–Crippen LogP) is 2.54. The van der Waals surface area contributed by atoms with Crippen molar-refractivity contribution in [1.82, 2.24) is 9.97 Å². The van der Waals surface area contributed by atoms with Crippen LogP contribution in [0.1, 0.15) is 6.42 Å². The van der Waals surface area contributed by atoms with Gasteiger partial charge in [-0.3, -0.25) is 0 Å². The summed E-state index contributed by atoms with van der Waals surface area (Å²) < 4.78 is 0. The van der Waals surface area contributed by atoms with E-state index in [0.717, 1.165) is 30.1 Å². The molecule has 0 saturated carbocycles. The first-order chi connectivity index (χ1) is 7.33. The maximum absolute atomic E-state index is 4.58. The molecule has 1 unspecified atom stereocenters. The summed E-state index contributed by atoms with van der Waals surface area (Å²) in [5.41, 5.74) is 2.16. The van der Waals surface area contributed by atoms with Gasteiger partial charge in [-0.15, -0.1) is 0 Å². The van der Waals surface area contributed by atoms with Crippen molar-refractivity contribution in [2.24, 2.45) is 0 Å². The molecule has 3 rings (SSSR count). The quantitative estimate of drug-likeness (QED) is 0.804. The van der Waals surface area contributed by atoms with Gasteiger partial charge in [0.15, 0.2) is 0 Å². The molecule has 1 aromatic heterocycles. The predicted molar refractivity (Wildman–Crippen MR) is 65.6 cm³/mol. The Morgan fingerprint density at radius 3 is 3.00 bits per heavy atom. The molecule has 1 aliphatic heterocycles. The molecule has 1 N–H and O–H groups in total. The number of benzene rings is 1. The number of aromatic nitrogens is 2. The van der Waals surface area contributed by atoms with Crippen molar-refractivity contribution < 1.29 is 0 Å². The maximum Gasteiger partial charge on any atom is 0.203 e. The Bertz CT molecular complexity index is 446. The van der Waals surface area contributed by atoms with Gasteiger partial charge in [0.2, 0.25) is 5.95 Å². The van der Waals surface area contributed by atoms with Gasteiger partial charge in [0.25, 0.3) is 0 Å². The lowest BCUT2D eigenvalue weighted by Crippen LogP contribution is -2.20. The minimum absolute atomic E-state index is 0.603. The van der Waals surface area contributed by atoms with Crippen LogP contribution in [0, 0.1) is 0 Å². The summed E-state index contributed by atoms with van der Waals surface area (Å²) in [5, 5.41) is 0. The van der Waals surface area contributed by atoms with E-state index in [1.54, 1.807) is 0 Å². The molecule has 2 aromatic rings. The third-order valence-corrected chi connectivity index (χ3v) is 3.55. The molecular weight excluding hydrogens is 254 g/mol. The number of halogens is 1. The SMILES string of the molecule is BrC1CCN(c2nc3ccccc3[nH]2)C1. The Labute approximate surface area is 96.6 Å². The summed E-state index contributed by atoms with van der Waals surface area (Å²) in [4.78, 5) is 10.8. The number of hydrogen-bond donors (Lipinski definition) is 1. The topological polar surface area (TPSA) is 31.9 Å². The number of nitrogens with one attached hydrogen (secondary N) is 1. The smallest absolute Gasteiger partial charge is 0.203 e. The first-order valence-corrected chi connectivity index (χ1v) is 6.08. The van der Waals surface area contributed by atoms with Crippen molar-refractivity contribution in [3.63, 3.8) is 0 Å². The number of rotatable bonds is 1. The van der Waals surface area contributed by atoms with E-state index in [0.29, 0.717) is 4.83 Å². The van der Waals surface area contributed by atoms with E-state index in [2.05, 4.69) is 36.9 Å². The minimum atomic E-state index is 0.603. The van der Waals surface area contributed by atoms with Crippen LogP contribution in [0.3, 0.4) is 0 Å². The van der Waals surface area contributed by atoms with E-state index in [1.807, 2.05) is 18.2 Å². The minimum Gasteiger partial charge on any atom is -0.341 e. The summed E-state index contributed by atoms with van der Waals surface area (Å²) in [6.45, 7) is 2.12. The summed E-state index contributed by atoms with van der Waals surface area (Å²) in [6.07, 6.45) is 1.19. The molecule has 2 heterocycles. The molecule has 1 aromatic carbocycles. The second-order valence-electron chi connectivity index (χ2n) is 3.91. The van der Waals surface area contributed by atoms with Crippen LogP contribution in [0.15, 0.2) is 24.3 Å². The van der Waals surface area contributed by atoms with E-state index >= 15 is 0 Å². The van der Waals surface area contributed by atoms with Crippen LogP contribution in [0.5, 0.6) is 0 Å². The number of fused-ring (bicyclic) bond motifs is 1. The lowest BCUT2D eigenvalue weighted by atomic mass is 10.3. The zero-order valence-corrected chi connectivity index (χ0v) is 9.87. The van der Waals surface area contributed by atoms with Gasteiger partial charge in [-0.2, -0.15) is 0 Å². The van der Waals surface area contributed by atoms with Crippen molar-refractivity contribution in [3.8, 4) is 0 Å². The van der Waals surface area contributed by atoms with Crippen molar-refractivity contribution >= 4 is 32.9 Å². The van der Waals surface area contributed by atoms with Crippen LogP contribution >= 0.6 is 15.9 Å². The Morgan fingerprint density at radius 1 is 1.40 bits per heavy atom. The normalized spacial score (nSPS) is 21.4. The van der Waals surface area contributed by atoms with Gasteiger partial charge in [-0.1, -0.05) is 28.1 Å². The number of alkyl halides is 1. The third kappa shape index (κ3) is 1.63. The molecule has 0 spiro atoms. The molecule has 15 heavy (non-hydrogen) atoms. The molecule has 78 valence electrons. The van der Waals surface area contributed by atoms with Gasteiger partial charge < -0.3 is 9.88 Å². The Morgan fingerprint density at radius 2 is 2.27 bits per heavy atom. The first-order valence-electron chi connectivity index (χ1n) is 5.17. The van der Waals surface area contributed by atoms with Gasteiger partial charge in [0.1, 0.15) is 0 Å². The van der Waals surface area contributed by atoms with Crippen LogP contribution in [0.4, 0.5) is 5.95 Å². The number of aromatic amines is 1. The van der Waals surface area contributed by atoms with E-state index < -0.39 is 0 Å². The average molecular weight is 266 g/mol. The Hall–Kier alpha value is -1.03. The molecule has 1 fully saturated rings. The molecule has 1 saturated heterocycles. The number of anilines is 1. The second kappa shape index (κ2) is 3.52. The number of hydrogen-bond acceptors (Lipinski definition) is 2. The molecule has 0 radical (unpaired) electrons. The third-order valence-electron chi connectivity index (χ3n) is 2.81. The monoisotopic (exact) mass is 265 g/mol. The number of imidazole rings is 1. The highest BCUT2D eigenvalue weighted by atomic mass is 79.9. The van der Waals surface area contributed by atoms with Gasteiger partial charge in [-0.05, 0) is 18.6 Å². The lowest BCUT2D eigenvalue weighted by Gasteiger charge is -2.12. The highest BCUT2D eigenvalue weighted by molar-refractivity contribution is 9.09. The van der Waals surface area contributed by atoms with Crippen molar-refractivity contribution in [1.29, 1.82) is 0 Å². The van der Waals surface area contributed by atoms with E-state index in [9.17, 15) is 0 Å². The summed E-state index contributed by atoms with van der Waals surface area (Å²) >= 11 is 3.64. The molecule has 1 atom stereocenters. The number of H-pyrrole nitrogens is 1. The van der Waals surface area contributed by atoms with Crippen LogP contribution in [-0.4, -0.2) is 27.9 Å². The summed E-state index contributed by atoms with van der Waals surface area (Å²) in [5.74, 6) is 0.998. The summed E-state index contributed by atoms with van der Waals surface area (Å²) in [6, 6.07) is 8.15. The molecule has 4 heteroatoms. The Kier molecular flexibility index (Phi) is 2.16. The lowest BCUT2D eigenvalue weighted by molar-refractivity contribution is 0.923. The fourth-order valence-electron chi connectivity index (χ4n) is 2.00. The zero-order valence-electron chi connectivity index (χ0n) is 8.28. The Balaban J connectivity index is 1.98. The molecule has 3 nitrogen and oxygen atoms in total. The molecular formula is C11H12BrN3. The molecule has 1 aliphatic rings. The van der Waals surface area contributed by atoms with Crippen LogP contribution < -0.4 is 4.90 Å². The highest BCUT2D eigenvalue weighted by Gasteiger charge is 2.22. The van der Waals surface area contributed by atoms with Gasteiger partial charge in [0.05, 0.1) is 11.0 Å². The van der Waals surface area contributed by atoms with Crippen LogP contribution in [0.2, 0.25) is 0 Å². The standard InChI is InChI=1S/C11H12BrN3/c12-8-5-6-15(7-8)11-13-9-3-1-2-4-10(9)14-11/h1-4,8H,5-7H2,(H,13,14). The van der Waals surface area contributed by atoms with Crippen LogP contribution in [0.25, 0.3) is 11.0 Å². The highest BCUT2D eigenvalue weighted by Crippen LogP contribution is 2.23. The number of nitrogens with zero attached hydrogens (tertiary/aromatic N) is 2. The largest absolute Gasteiger partial charge is 0.341 e. The molecule has 0 amide bonds. The van der Waals surface area contributed by atoms with Crippen molar-refractivity contribution in [2.75, 3.05) is 18.0 Å². The van der Waals surface area contributed by atoms with Crippen LogP contribution in [-0.2, 0) is 0 Å². The number of para-hydroxylation sites is 2. The van der Waals surface area contributed by atoms with Gasteiger partial charge in [0, 0.05) is 17.9 Å². The molecule has 0 bridgehead atoms. The zero-order chi connectivity index (χ0) is 10.3. The van der Waals surface area contributed by atoms with Gasteiger partial charge in [-0.25, -0.2) is 4.98 Å². The fourth-order valence-corrected chi connectivity index (χ4v) is 2.55. The molecule has 0 aliphatic carbocycles. The summed E-state index contributed by atoms with van der Waals surface area (Å²) in [7, 11) is 0. The van der Waals surface area contributed by atoms with E-state index in [4.69, 9.17) is 0 Å². The van der Waals surface area contributed by atoms with Crippen molar-refractivity contribution in [2.45, 2.75) is 11.2 Å². The van der Waals surface area contributed by atoms with Gasteiger partial charge >= 0.3 is 0 Å². The van der Waals surface area contributed by atoms with Crippen molar-refractivity contribution in [3.05, 3.63) is 24.3 Å². The average Bonchev–Trinajstić information content (AvgIpc) is 2.82. The van der Waals surface area contributed by atoms with E-state index in [1.165, 1.54) is 6.42 Å². The second-order valence-corrected chi connectivity index (χ2v) is 5.20.